The monoisotopic (exact) mass is 452 g/mol. The van der Waals surface area contributed by atoms with Gasteiger partial charge in [-0.15, -0.1) is 0 Å². The predicted molar refractivity (Wildman–Crippen MR) is 122 cm³/mol. The van der Waals surface area contributed by atoms with Crippen LogP contribution in [0.15, 0.2) is 54.9 Å². The van der Waals surface area contributed by atoms with E-state index >= 15 is 0 Å². The normalized spacial score (nSPS) is 10.8. The van der Waals surface area contributed by atoms with Crippen LogP contribution in [0.25, 0.3) is 11.0 Å². The lowest BCUT2D eigenvalue weighted by Crippen LogP contribution is -2.13. The Bertz CT molecular complexity index is 1290. The molecular weight excluding hydrogens is 432 g/mol. The van der Waals surface area contributed by atoms with Gasteiger partial charge >= 0.3 is 0 Å². The molecule has 0 unspecified atom stereocenters. The summed E-state index contributed by atoms with van der Waals surface area (Å²) in [5.74, 6) is 1.59. The summed E-state index contributed by atoms with van der Waals surface area (Å²) in [5, 5.41) is 8.47. The van der Waals surface area contributed by atoms with Crippen LogP contribution in [0.5, 0.6) is 17.2 Å². The van der Waals surface area contributed by atoms with E-state index < -0.39 is 0 Å². The fourth-order valence-electron chi connectivity index (χ4n) is 3.33. The smallest absolute Gasteiger partial charge is 0.257 e. The van der Waals surface area contributed by atoms with Gasteiger partial charge in [-0.25, -0.2) is 9.67 Å². The highest BCUT2D eigenvalue weighted by atomic mass is 35.5. The maximum Gasteiger partial charge on any atom is 0.257 e. The van der Waals surface area contributed by atoms with Gasteiger partial charge in [-0.05, 0) is 36.4 Å². The Kier molecular flexibility index (Phi) is 6.13. The van der Waals surface area contributed by atoms with Crippen molar-refractivity contribution in [3.63, 3.8) is 0 Å². The molecule has 1 N–H and O–H groups in total. The van der Waals surface area contributed by atoms with Crippen molar-refractivity contribution in [2.45, 2.75) is 6.54 Å². The number of amides is 1. The molecule has 2 aromatic carbocycles. The molecule has 1 amide bonds. The number of anilines is 1. The molecule has 0 aliphatic heterocycles. The molecule has 0 aliphatic carbocycles. The van der Waals surface area contributed by atoms with Crippen molar-refractivity contribution in [3.05, 3.63) is 71.0 Å². The summed E-state index contributed by atoms with van der Waals surface area (Å²) < 4.78 is 17.7. The quantitative estimate of drug-likeness (QED) is 0.447. The zero-order valence-corrected chi connectivity index (χ0v) is 18.5. The van der Waals surface area contributed by atoms with E-state index in [1.807, 2.05) is 18.2 Å². The SMILES string of the molecule is COc1ccc(Cn2ncc3cc(C(=O)Nc4cc(Cl)ccc4OC)cnc32)c(OC)c1. The fourth-order valence-corrected chi connectivity index (χ4v) is 3.50. The number of aromatic nitrogens is 3. The molecule has 2 aromatic heterocycles. The number of benzene rings is 2. The average molecular weight is 453 g/mol. The van der Waals surface area contributed by atoms with E-state index in [-0.39, 0.29) is 5.91 Å². The van der Waals surface area contributed by atoms with Crippen LogP contribution in [0.3, 0.4) is 0 Å². The summed E-state index contributed by atoms with van der Waals surface area (Å²) in [6.07, 6.45) is 3.19. The predicted octanol–water partition coefficient (Wildman–Crippen LogP) is 4.41. The Labute approximate surface area is 189 Å². The number of nitrogens with zero attached hydrogens (tertiary/aromatic N) is 3. The maximum absolute atomic E-state index is 12.8. The van der Waals surface area contributed by atoms with Crippen LogP contribution in [0.2, 0.25) is 5.02 Å². The summed E-state index contributed by atoms with van der Waals surface area (Å²) in [5.41, 5.74) is 2.45. The molecule has 0 radical (unpaired) electrons. The summed E-state index contributed by atoms with van der Waals surface area (Å²) in [4.78, 5) is 17.2. The number of pyridine rings is 1. The van der Waals surface area contributed by atoms with E-state index in [0.717, 1.165) is 10.9 Å². The number of nitrogens with one attached hydrogen (secondary N) is 1. The van der Waals surface area contributed by atoms with Crippen molar-refractivity contribution >= 4 is 34.2 Å². The zero-order chi connectivity index (χ0) is 22.7. The Morgan fingerprint density at radius 1 is 1.00 bits per heavy atom. The average Bonchev–Trinajstić information content (AvgIpc) is 3.21. The van der Waals surface area contributed by atoms with Crippen molar-refractivity contribution < 1.29 is 19.0 Å². The van der Waals surface area contributed by atoms with Gasteiger partial charge in [-0.1, -0.05) is 11.6 Å². The highest BCUT2D eigenvalue weighted by Gasteiger charge is 2.14. The number of methoxy groups -OCH3 is 3. The van der Waals surface area contributed by atoms with Crippen molar-refractivity contribution in [1.82, 2.24) is 14.8 Å². The van der Waals surface area contributed by atoms with Gasteiger partial charge in [0.15, 0.2) is 5.65 Å². The number of ether oxygens (including phenoxy) is 3. The largest absolute Gasteiger partial charge is 0.497 e. The Balaban J connectivity index is 1.58. The Morgan fingerprint density at radius 3 is 2.56 bits per heavy atom. The van der Waals surface area contributed by atoms with Crippen molar-refractivity contribution in [2.24, 2.45) is 0 Å². The van der Waals surface area contributed by atoms with Crippen LogP contribution >= 0.6 is 11.6 Å². The second-order valence-electron chi connectivity index (χ2n) is 6.92. The van der Waals surface area contributed by atoms with E-state index in [9.17, 15) is 4.79 Å². The first-order valence-electron chi connectivity index (χ1n) is 9.69. The third kappa shape index (κ3) is 4.31. The van der Waals surface area contributed by atoms with Crippen LogP contribution in [0.4, 0.5) is 5.69 Å². The molecule has 0 bridgehead atoms. The van der Waals surface area contributed by atoms with Gasteiger partial charge in [0.05, 0.1) is 45.3 Å². The number of carbonyl (C=O) groups excluding carboxylic acids is 1. The molecule has 0 atom stereocenters. The van der Waals surface area contributed by atoms with E-state index in [2.05, 4.69) is 15.4 Å². The maximum atomic E-state index is 12.8. The van der Waals surface area contributed by atoms with E-state index in [4.69, 9.17) is 25.8 Å². The summed E-state index contributed by atoms with van der Waals surface area (Å²) in [6.45, 7) is 0.453. The first-order chi connectivity index (χ1) is 15.5. The molecule has 4 rings (SSSR count). The number of halogens is 1. The number of rotatable bonds is 7. The first-order valence-corrected chi connectivity index (χ1v) is 10.1. The highest BCUT2D eigenvalue weighted by molar-refractivity contribution is 6.31. The first kappa shape index (κ1) is 21.5. The minimum absolute atomic E-state index is 0.329. The molecule has 0 saturated heterocycles. The lowest BCUT2D eigenvalue weighted by molar-refractivity contribution is 0.102. The molecule has 9 heteroatoms. The standard InChI is InChI=1S/C23H21ClN4O4/c1-30-18-6-4-14(21(10-18)32-3)13-28-22-15(12-26-28)8-16(11-25-22)23(29)27-19-9-17(24)5-7-20(19)31-2/h4-12H,13H2,1-3H3,(H,27,29). The molecule has 0 fully saturated rings. The fraction of sp³-hybridized carbons (Fsp3) is 0.174. The van der Waals surface area contributed by atoms with E-state index in [0.29, 0.717) is 45.7 Å². The number of hydrogen-bond acceptors (Lipinski definition) is 6. The summed E-state index contributed by atoms with van der Waals surface area (Å²) in [7, 11) is 4.74. The molecule has 0 saturated carbocycles. The van der Waals surface area contributed by atoms with Gasteiger partial charge in [0.1, 0.15) is 17.2 Å². The van der Waals surface area contributed by atoms with Gasteiger partial charge < -0.3 is 19.5 Å². The van der Waals surface area contributed by atoms with Crippen LogP contribution in [0, 0.1) is 0 Å². The Morgan fingerprint density at radius 2 is 1.81 bits per heavy atom. The van der Waals surface area contributed by atoms with Gasteiger partial charge in [-0.3, -0.25) is 4.79 Å². The third-order valence-corrected chi connectivity index (χ3v) is 5.20. The van der Waals surface area contributed by atoms with Crippen LogP contribution in [-0.4, -0.2) is 42.0 Å². The number of hydrogen-bond donors (Lipinski definition) is 1. The molecular formula is C23H21ClN4O4. The zero-order valence-electron chi connectivity index (χ0n) is 17.8. The van der Waals surface area contributed by atoms with Gasteiger partial charge in [-0.2, -0.15) is 5.10 Å². The van der Waals surface area contributed by atoms with E-state index in [1.165, 1.54) is 13.3 Å². The third-order valence-electron chi connectivity index (χ3n) is 4.96. The lowest BCUT2D eigenvalue weighted by Gasteiger charge is -2.11. The second-order valence-corrected chi connectivity index (χ2v) is 7.35. The number of fused-ring (bicyclic) bond motifs is 1. The van der Waals surface area contributed by atoms with Crippen LogP contribution in [0.1, 0.15) is 15.9 Å². The molecule has 164 valence electrons. The van der Waals surface area contributed by atoms with Crippen molar-refractivity contribution in [2.75, 3.05) is 26.6 Å². The van der Waals surface area contributed by atoms with Crippen LogP contribution in [-0.2, 0) is 6.54 Å². The summed E-state index contributed by atoms with van der Waals surface area (Å²) in [6, 6.07) is 12.4. The minimum Gasteiger partial charge on any atom is -0.497 e. The lowest BCUT2D eigenvalue weighted by atomic mass is 10.2. The van der Waals surface area contributed by atoms with E-state index in [1.54, 1.807) is 49.4 Å². The molecule has 0 aliphatic rings. The molecule has 8 nitrogen and oxygen atoms in total. The Hall–Kier alpha value is -3.78. The summed E-state index contributed by atoms with van der Waals surface area (Å²) >= 11 is 6.04. The molecule has 2 heterocycles. The number of carbonyl (C=O) groups is 1. The second kappa shape index (κ2) is 9.15. The van der Waals surface area contributed by atoms with Crippen molar-refractivity contribution in [1.29, 1.82) is 0 Å². The molecule has 4 aromatic rings. The van der Waals surface area contributed by atoms with Gasteiger partial charge in [0.2, 0.25) is 0 Å². The highest BCUT2D eigenvalue weighted by Crippen LogP contribution is 2.29. The van der Waals surface area contributed by atoms with Crippen molar-refractivity contribution in [3.8, 4) is 17.2 Å². The van der Waals surface area contributed by atoms with Gasteiger partial charge in [0, 0.05) is 28.2 Å². The minimum atomic E-state index is -0.329. The van der Waals surface area contributed by atoms with Gasteiger partial charge in [0.25, 0.3) is 5.91 Å². The van der Waals surface area contributed by atoms with Crippen LogP contribution < -0.4 is 19.5 Å². The topological polar surface area (TPSA) is 87.5 Å². The molecule has 0 spiro atoms. The molecule has 32 heavy (non-hydrogen) atoms.